The minimum atomic E-state index is -0.101. The summed E-state index contributed by atoms with van der Waals surface area (Å²) < 4.78 is 0. The van der Waals surface area contributed by atoms with E-state index in [4.69, 9.17) is 0 Å². The van der Waals surface area contributed by atoms with Gasteiger partial charge < -0.3 is 4.98 Å². The molecular weight excluding hydrogens is 248 g/mol. The fraction of sp³-hybridized carbons (Fsp3) is 0.176. The first-order valence-electron chi connectivity index (χ1n) is 6.82. The molecule has 3 aromatic rings. The van der Waals surface area contributed by atoms with E-state index >= 15 is 0 Å². The summed E-state index contributed by atoms with van der Waals surface area (Å²) in [6, 6.07) is 13.7. The van der Waals surface area contributed by atoms with Crippen molar-refractivity contribution in [1.82, 2.24) is 9.97 Å². The van der Waals surface area contributed by atoms with Crippen LogP contribution in [0.5, 0.6) is 0 Å². The van der Waals surface area contributed by atoms with Crippen molar-refractivity contribution in [2.75, 3.05) is 0 Å². The van der Waals surface area contributed by atoms with Gasteiger partial charge in [0.1, 0.15) is 5.65 Å². The summed E-state index contributed by atoms with van der Waals surface area (Å²) in [6.45, 7) is 2.04. The van der Waals surface area contributed by atoms with Gasteiger partial charge in [-0.15, -0.1) is 0 Å². The average molecular weight is 264 g/mol. The van der Waals surface area contributed by atoms with Gasteiger partial charge in [0.15, 0.2) is 5.78 Å². The van der Waals surface area contributed by atoms with Crippen LogP contribution in [0.4, 0.5) is 0 Å². The van der Waals surface area contributed by atoms with Gasteiger partial charge in [-0.1, -0.05) is 37.3 Å². The first-order chi connectivity index (χ1) is 9.81. The summed E-state index contributed by atoms with van der Waals surface area (Å²) in [5.41, 5.74) is 2.56. The second-order valence-corrected chi connectivity index (χ2v) is 4.84. The molecule has 0 fully saturated rings. The summed E-state index contributed by atoms with van der Waals surface area (Å²) in [4.78, 5) is 20.1. The van der Waals surface area contributed by atoms with Crippen molar-refractivity contribution < 1.29 is 4.79 Å². The molecule has 0 bridgehead atoms. The maximum absolute atomic E-state index is 12.8. The number of carbonyl (C=O) groups is 1. The van der Waals surface area contributed by atoms with Crippen LogP contribution >= 0.6 is 0 Å². The topological polar surface area (TPSA) is 45.8 Å². The Bertz CT molecular complexity index is 731. The smallest absolute Gasteiger partial charge is 0.172 e. The van der Waals surface area contributed by atoms with Crippen molar-refractivity contribution in [1.29, 1.82) is 0 Å². The molecule has 0 aliphatic rings. The monoisotopic (exact) mass is 264 g/mol. The van der Waals surface area contributed by atoms with Gasteiger partial charge in [-0.3, -0.25) is 4.79 Å². The zero-order valence-corrected chi connectivity index (χ0v) is 11.3. The van der Waals surface area contributed by atoms with E-state index < -0.39 is 0 Å². The highest BCUT2D eigenvalue weighted by Gasteiger charge is 2.22. The van der Waals surface area contributed by atoms with Crippen LogP contribution in [0.2, 0.25) is 0 Å². The molecule has 0 amide bonds. The molecule has 3 nitrogen and oxygen atoms in total. The second-order valence-electron chi connectivity index (χ2n) is 4.84. The molecule has 3 rings (SSSR count). The minimum absolute atomic E-state index is 0.101. The van der Waals surface area contributed by atoms with Gasteiger partial charge in [0, 0.05) is 29.3 Å². The van der Waals surface area contributed by atoms with E-state index in [2.05, 4.69) is 9.97 Å². The van der Waals surface area contributed by atoms with Crippen LogP contribution in [0.15, 0.2) is 54.9 Å². The Morgan fingerprint density at radius 1 is 1.20 bits per heavy atom. The highest BCUT2D eigenvalue weighted by molar-refractivity contribution is 6.10. The largest absolute Gasteiger partial charge is 0.345 e. The number of hydrogen-bond acceptors (Lipinski definition) is 2. The zero-order chi connectivity index (χ0) is 13.9. The third kappa shape index (κ3) is 2.11. The van der Waals surface area contributed by atoms with E-state index in [0.717, 1.165) is 28.6 Å². The highest BCUT2D eigenvalue weighted by atomic mass is 16.1. The first-order valence-corrected chi connectivity index (χ1v) is 6.82. The number of rotatable bonds is 4. The van der Waals surface area contributed by atoms with Gasteiger partial charge in [-0.05, 0) is 24.1 Å². The van der Waals surface area contributed by atoms with Crippen LogP contribution in [-0.4, -0.2) is 15.8 Å². The van der Waals surface area contributed by atoms with Crippen molar-refractivity contribution in [3.05, 3.63) is 66.0 Å². The summed E-state index contributed by atoms with van der Waals surface area (Å²) >= 11 is 0. The Morgan fingerprint density at radius 2 is 2.00 bits per heavy atom. The minimum Gasteiger partial charge on any atom is -0.345 e. The Kier molecular flexibility index (Phi) is 3.33. The number of H-pyrrole nitrogens is 1. The number of fused-ring (bicyclic) bond motifs is 1. The highest BCUT2D eigenvalue weighted by Crippen LogP contribution is 2.27. The molecule has 2 heterocycles. The average Bonchev–Trinajstić information content (AvgIpc) is 2.93. The molecule has 0 saturated heterocycles. The number of nitrogens with one attached hydrogen (secondary N) is 1. The lowest BCUT2D eigenvalue weighted by molar-refractivity contribution is 0.0959. The van der Waals surface area contributed by atoms with Crippen LogP contribution in [-0.2, 0) is 0 Å². The SMILES string of the molecule is CCC(C(=O)c1c[nH]c2ncccc12)c1ccccc1. The summed E-state index contributed by atoms with van der Waals surface area (Å²) in [6.07, 6.45) is 4.28. The van der Waals surface area contributed by atoms with Crippen molar-refractivity contribution in [3.63, 3.8) is 0 Å². The normalized spacial score (nSPS) is 12.4. The number of benzene rings is 1. The van der Waals surface area contributed by atoms with Crippen LogP contribution in [0.3, 0.4) is 0 Å². The van der Waals surface area contributed by atoms with Crippen LogP contribution in [0.1, 0.15) is 35.2 Å². The molecule has 0 aliphatic heterocycles. The molecule has 1 atom stereocenters. The molecule has 0 radical (unpaired) electrons. The Balaban J connectivity index is 2.03. The van der Waals surface area contributed by atoms with E-state index in [1.165, 1.54) is 0 Å². The fourth-order valence-electron chi connectivity index (χ4n) is 2.61. The molecule has 3 heteroatoms. The predicted molar refractivity (Wildman–Crippen MR) is 79.9 cm³/mol. The standard InChI is InChI=1S/C17H16N2O/c1-2-13(12-7-4-3-5-8-12)16(20)15-11-19-17-14(15)9-6-10-18-17/h3-11,13H,2H2,1H3,(H,18,19). The molecule has 0 spiro atoms. The van der Waals surface area contributed by atoms with Crippen molar-refractivity contribution >= 4 is 16.8 Å². The van der Waals surface area contributed by atoms with Crippen LogP contribution in [0, 0.1) is 0 Å². The van der Waals surface area contributed by atoms with Gasteiger partial charge in [0.05, 0.1) is 0 Å². The Hall–Kier alpha value is -2.42. The predicted octanol–water partition coefficient (Wildman–Crippen LogP) is 3.94. The van der Waals surface area contributed by atoms with E-state index in [-0.39, 0.29) is 11.7 Å². The lowest BCUT2D eigenvalue weighted by Crippen LogP contribution is -2.11. The van der Waals surface area contributed by atoms with Gasteiger partial charge in [-0.2, -0.15) is 0 Å². The Labute approximate surface area is 117 Å². The van der Waals surface area contributed by atoms with E-state index in [9.17, 15) is 4.79 Å². The number of ketones is 1. The number of aromatic amines is 1. The molecule has 1 N–H and O–H groups in total. The van der Waals surface area contributed by atoms with E-state index in [1.54, 1.807) is 12.4 Å². The summed E-state index contributed by atoms with van der Waals surface area (Å²) in [7, 11) is 0. The van der Waals surface area contributed by atoms with Crippen molar-refractivity contribution in [2.45, 2.75) is 19.3 Å². The molecule has 20 heavy (non-hydrogen) atoms. The lowest BCUT2D eigenvalue weighted by atomic mass is 9.89. The number of Topliss-reactive ketones (excluding diaryl/α,β-unsaturated/α-hetero) is 1. The first kappa shape index (κ1) is 12.6. The van der Waals surface area contributed by atoms with Crippen molar-refractivity contribution in [3.8, 4) is 0 Å². The molecule has 0 aliphatic carbocycles. The lowest BCUT2D eigenvalue weighted by Gasteiger charge is -2.13. The molecule has 0 saturated carbocycles. The number of carbonyl (C=O) groups excluding carboxylic acids is 1. The molecule has 100 valence electrons. The maximum atomic E-state index is 12.8. The van der Waals surface area contributed by atoms with Gasteiger partial charge in [0.25, 0.3) is 0 Å². The number of pyridine rings is 1. The zero-order valence-electron chi connectivity index (χ0n) is 11.3. The van der Waals surface area contributed by atoms with Gasteiger partial charge in [0.2, 0.25) is 0 Å². The maximum Gasteiger partial charge on any atom is 0.172 e. The quantitative estimate of drug-likeness (QED) is 0.725. The second kappa shape index (κ2) is 5.29. The number of aromatic nitrogens is 2. The van der Waals surface area contributed by atoms with Gasteiger partial charge >= 0.3 is 0 Å². The van der Waals surface area contributed by atoms with Crippen LogP contribution < -0.4 is 0 Å². The number of nitrogens with zero attached hydrogens (tertiary/aromatic N) is 1. The molecule has 1 unspecified atom stereocenters. The number of hydrogen-bond donors (Lipinski definition) is 1. The van der Waals surface area contributed by atoms with Crippen molar-refractivity contribution in [2.24, 2.45) is 0 Å². The van der Waals surface area contributed by atoms with E-state index in [0.29, 0.717) is 0 Å². The Morgan fingerprint density at radius 3 is 2.75 bits per heavy atom. The summed E-state index contributed by atoms with van der Waals surface area (Å²) in [5, 5.41) is 0.895. The van der Waals surface area contributed by atoms with E-state index in [1.807, 2.05) is 49.4 Å². The third-order valence-electron chi connectivity index (χ3n) is 3.64. The van der Waals surface area contributed by atoms with Gasteiger partial charge in [-0.25, -0.2) is 4.98 Å². The molecule has 1 aromatic carbocycles. The summed E-state index contributed by atoms with van der Waals surface area (Å²) in [5.74, 6) is 0.0494. The molecular formula is C17H16N2O. The third-order valence-corrected chi connectivity index (χ3v) is 3.64. The van der Waals surface area contributed by atoms with Crippen LogP contribution in [0.25, 0.3) is 11.0 Å². The fourth-order valence-corrected chi connectivity index (χ4v) is 2.61. The molecule has 2 aromatic heterocycles.